The van der Waals surface area contributed by atoms with Crippen LogP contribution in [0.25, 0.3) is 0 Å². The van der Waals surface area contributed by atoms with Crippen LogP contribution in [0.1, 0.15) is 84.0 Å². The predicted octanol–water partition coefficient (Wildman–Crippen LogP) is 4.82. The van der Waals surface area contributed by atoms with Gasteiger partial charge in [-0.3, -0.25) is 14.5 Å². The summed E-state index contributed by atoms with van der Waals surface area (Å²) in [5.74, 6) is -0.362. The number of carbonyl (C=O) groups excluding carboxylic acids is 2. The predicted molar refractivity (Wildman–Crippen MR) is 152 cm³/mol. The molecule has 0 atom stereocenters. The van der Waals surface area contributed by atoms with E-state index in [1.807, 2.05) is 4.90 Å². The molecule has 208 valence electrons. The first-order valence-electron chi connectivity index (χ1n) is 13.9. The Hall–Kier alpha value is -2.27. The van der Waals surface area contributed by atoms with Crippen LogP contribution >= 0.6 is 11.3 Å². The van der Waals surface area contributed by atoms with Crippen molar-refractivity contribution in [1.82, 2.24) is 14.1 Å². The number of thiophene rings is 1. The monoisotopic (exact) mass is 560 g/mol. The summed E-state index contributed by atoms with van der Waals surface area (Å²) in [5.41, 5.74) is 2.04. The number of benzene rings is 1. The molecule has 2 aromatic rings. The van der Waals surface area contributed by atoms with Gasteiger partial charge in [-0.05, 0) is 68.5 Å². The van der Waals surface area contributed by atoms with E-state index in [0.717, 1.165) is 68.6 Å². The summed E-state index contributed by atoms with van der Waals surface area (Å²) in [5, 5.41) is 3.60. The number of likely N-dealkylation sites (N-methyl/N-ethyl adjacent to an activating group) is 1. The first-order chi connectivity index (χ1) is 18.3. The lowest BCUT2D eigenvalue weighted by molar-refractivity contribution is 0.0755. The Balaban J connectivity index is 1.59. The number of nitrogens with zero attached hydrogens (tertiary/aromatic N) is 3. The van der Waals surface area contributed by atoms with Crippen molar-refractivity contribution in [3.8, 4) is 0 Å². The standard InChI is InChI=1S/C28H40N4O4S2/c1-4-15-31(16-5-2)28(34)25-23-14-19-30(6-3)20-24(23)37-27(25)29-26(33)21-10-12-22(13-11-21)38(35,36)32-17-8-7-9-18-32/h10-13H,4-9,14-20H2,1-3H3,(H,29,33). The highest BCUT2D eigenvalue weighted by atomic mass is 32.2. The Morgan fingerprint density at radius 2 is 1.63 bits per heavy atom. The third-order valence-corrected chi connectivity index (χ3v) is 10.4. The maximum Gasteiger partial charge on any atom is 0.257 e. The summed E-state index contributed by atoms with van der Waals surface area (Å²) in [4.78, 5) is 32.6. The molecule has 4 rings (SSSR count). The zero-order valence-electron chi connectivity index (χ0n) is 22.8. The maximum absolute atomic E-state index is 13.7. The van der Waals surface area contributed by atoms with Crippen LogP contribution in [0.2, 0.25) is 0 Å². The number of rotatable bonds is 10. The van der Waals surface area contributed by atoms with Crippen molar-refractivity contribution in [3.63, 3.8) is 0 Å². The van der Waals surface area contributed by atoms with Crippen LogP contribution in [0.5, 0.6) is 0 Å². The molecule has 0 aliphatic carbocycles. The fourth-order valence-corrected chi connectivity index (χ4v) is 8.06. The summed E-state index contributed by atoms with van der Waals surface area (Å²) in [6, 6.07) is 6.13. The van der Waals surface area contributed by atoms with Crippen LogP contribution in [0.4, 0.5) is 5.00 Å². The molecule has 0 spiro atoms. The van der Waals surface area contributed by atoms with Crippen LogP contribution in [-0.4, -0.2) is 73.6 Å². The molecule has 2 aliphatic heterocycles. The number of hydrogen-bond donors (Lipinski definition) is 1. The number of piperidine rings is 1. The highest BCUT2D eigenvalue weighted by Gasteiger charge is 2.31. The largest absolute Gasteiger partial charge is 0.339 e. The van der Waals surface area contributed by atoms with Crippen molar-refractivity contribution in [2.24, 2.45) is 0 Å². The van der Waals surface area contributed by atoms with Gasteiger partial charge in [-0.25, -0.2) is 8.42 Å². The maximum atomic E-state index is 13.7. The molecule has 0 unspecified atom stereocenters. The van der Waals surface area contributed by atoms with E-state index in [0.29, 0.717) is 42.3 Å². The number of nitrogens with one attached hydrogen (secondary N) is 1. The minimum Gasteiger partial charge on any atom is -0.339 e. The first-order valence-corrected chi connectivity index (χ1v) is 16.1. The molecule has 38 heavy (non-hydrogen) atoms. The van der Waals surface area contributed by atoms with Crippen LogP contribution < -0.4 is 5.32 Å². The van der Waals surface area contributed by atoms with Crippen LogP contribution in [0.3, 0.4) is 0 Å². The second-order valence-corrected chi connectivity index (χ2v) is 13.1. The molecule has 0 radical (unpaired) electrons. The third-order valence-electron chi connectivity index (χ3n) is 7.37. The molecule has 2 aliphatic rings. The Bertz CT molecular complexity index is 1230. The van der Waals surface area contributed by atoms with E-state index >= 15 is 0 Å². The molecule has 2 amide bonds. The normalized spacial score (nSPS) is 16.7. The first kappa shape index (κ1) is 28.7. The lowest BCUT2D eigenvalue weighted by atomic mass is 10.0. The second-order valence-electron chi connectivity index (χ2n) is 10.1. The second kappa shape index (κ2) is 12.7. The summed E-state index contributed by atoms with van der Waals surface area (Å²) >= 11 is 1.49. The number of amides is 2. The molecule has 10 heteroatoms. The molecule has 1 aromatic heterocycles. The smallest absolute Gasteiger partial charge is 0.257 e. The van der Waals surface area contributed by atoms with Gasteiger partial charge in [-0.15, -0.1) is 11.3 Å². The Morgan fingerprint density at radius 1 is 0.974 bits per heavy atom. The van der Waals surface area contributed by atoms with Gasteiger partial charge in [0.1, 0.15) is 5.00 Å². The fourth-order valence-electron chi connectivity index (χ4n) is 5.26. The number of carbonyl (C=O) groups is 2. The quantitative estimate of drug-likeness (QED) is 0.450. The van der Waals surface area contributed by atoms with Gasteiger partial charge >= 0.3 is 0 Å². The summed E-state index contributed by atoms with van der Waals surface area (Å²) in [6.45, 7) is 11.3. The Morgan fingerprint density at radius 3 is 2.24 bits per heavy atom. The number of fused-ring (bicyclic) bond motifs is 1. The van der Waals surface area contributed by atoms with E-state index < -0.39 is 10.0 Å². The SMILES string of the molecule is CCCN(CCC)C(=O)c1c(NC(=O)c2ccc(S(=O)(=O)N3CCCCC3)cc2)sc2c1CCN(CC)C2. The molecule has 0 bridgehead atoms. The van der Waals surface area contributed by atoms with Gasteiger partial charge in [0.2, 0.25) is 10.0 Å². The summed E-state index contributed by atoms with van der Waals surface area (Å²) < 4.78 is 27.5. The van der Waals surface area contributed by atoms with E-state index in [1.165, 1.54) is 27.8 Å². The highest BCUT2D eigenvalue weighted by Crippen LogP contribution is 2.38. The van der Waals surface area contributed by atoms with E-state index in [1.54, 1.807) is 12.1 Å². The topological polar surface area (TPSA) is 90.0 Å². The minimum absolute atomic E-state index is 0.0191. The van der Waals surface area contributed by atoms with Crippen LogP contribution in [0.15, 0.2) is 29.2 Å². The van der Waals surface area contributed by atoms with Gasteiger partial charge in [-0.1, -0.05) is 27.2 Å². The molecule has 8 nitrogen and oxygen atoms in total. The summed E-state index contributed by atoms with van der Waals surface area (Å²) in [6.07, 6.45) is 5.32. The van der Waals surface area contributed by atoms with Gasteiger partial charge in [0.15, 0.2) is 0 Å². The lowest BCUT2D eigenvalue weighted by Gasteiger charge is -2.27. The number of anilines is 1. The van der Waals surface area contributed by atoms with Crippen molar-refractivity contribution in [2.45, 2.75) is 70.7 Å². The minimum atomic E-state index is -3.56. The zero-order valence-corrected chi connectivity index (χ0v) is 24.4. The van der Waals surface area contributed by atoms with Gasteiger partial charge in [0.25, 0.3) is 11.8 Å². The molecule has 0 saturated carbocycles. The van der Waals surface area contributed by atoms with Gasteiger partial charge in [-0.2, -0.15) is 4.31 Å². The molecular formula is C28H40N4O4S2. The molecule has 1 N–H and O–H groups in total. The van der Waals surface area contributed by atoms with Gasteiger partial charge in [0, 0.05) is 49.7 Å². The fraction of sp³-hybridized carbons (Fsp3) is 0.571. The molecule has 3 heterocycles. The van der Waals surface area contributed by atoms with Crippen LogP contribution in [0, 0.1) is 0 Å². The van der Waals surface area contributed by atoms with Crippen molar-refractivity contribution >= 4 is 38.2 Å². The lowest BCUT2D eigenvalue weighted by Crippen LogP contribution is -2.35. The van der Waals surface area contributed by atoms with E-state index in [9.17, 15) is 18.0 Å². The number of sulfonamides is 1. The molecule has 1 fully saturated rings. The van der Waals surface area contributed by atoms with Crippen molar-refractivity contribution in [2.75, 3.05) is 44.6 Å². The molecule has 1 saturated heterocycles. The number of hydrogen-bond acceptors (Lipinski definition) is 6. The van der Waals surface area contributed by atoms with Gasteiger partial charge in [0.05, 0.1) is 10.5 Å². The van der Waals surface area contributed by atoms with Gasteiger partial charge < -0.3 is 10.2 Å². The van der Waals surface area contributed by atoms with Crippen molar-refractivity contribution in [1.29, 1.82) is 0 Å². The van der Waals surface area contributed by atoms with E-state index in [-0.39, 0.29) is 16.7 Å². The summed E-state index contributed by atoms with van der Waals surface area (Å²) in [7, 11) is -3.56. The average Bonchev–Trinajstić information content (AvgIpc) is 3.29. The van der Waals surface area contributed by atoms with E-state index in [4.69, 9.17) is 0 Å². The molecule has 1 aromatic carbocycles. The van der Waals surface area contributed by atoms with E-state index in [2.05, 4.69) is 31.0 Å². The third kappa shape index (κ3) is 6.14. The van der Waals surface area contributed by atoms with Crippen molar-refractivity contribution in [3.05, 3.63) is 45.8 Å². The Labute approximate surface area is 231 Å². The zero-order chi connectivity index (χ0) is 27.3. The van der Waals surface area contributed by atoms with Crippen molar-refractivity contribution < 1.29 is 18.0 Å². The molecular weight excluding hydrogens is 520 g/mol. The highest BCUT2D eigenvalue weighted by molar-refractivity contribution is 7.89. The average molecular weight is 561 g/mol. The van der Waals surface area contributed by atoms with Crippen LogP contribution in [-0.2, 0) is 23.0 Å². The Kier molecular flexibility index (Phi) is 9.62.